The maximum Gasteiger partial charge on any atom is 0.228 e. The van der Waals surface area contributed by atoms with Crippen molar-refractivity contribution in [3.05, 3.63) is 81.8 Å². The molecule has 0 atom stereocenters. The largest absolute Gasteiger partial charge is 0.353 e. The fourth-order valence-corrected chi connectivity index (χ4v) is 3.49. The standard InChI is InChI=1S/C24H23Cl2N3O2/c1-3-22(30)28-21-14-17(12-11-15(21)2)27-23(31)13-16-7-4-5-10-20(16)29-24-18(25)8-6-9-19(24)26/h4-12,14,29H,3,13H2,1-2H3,(H,27,31)(H,28,30). The van der Waals surface area contributed by atoms with Gasteiger partial charge in [0.2, 0.25) is 11.8 Å². The molecule has 3 aromatic rings. The molecule has 5 nitrogen and oxygen atoms in total. The maximum atomic E-state index is 12.7. The molecule has 0 aliphatic carbocycles. The molecule has 3 rings (SSSR count). The molecule has 0 saturated carbocycles. The summed E-state index contributed by atoms with van der Waals surface area (Å²) in [6, 6.07) is 18.2. The summed E-state index contributed by atoms with van der Waals surface area (Å²) in [6.07, 6.45) is 0.533. The Balaban J connectivity index is 1.75. The Morgan fingerprint density at radius 2 is 1.55 bits per heavy atom. The van der Waals surface area contributed by atoms with Crippen molar-refractivity contribution in [2.75, 3.05) is 16.0 Å². The minimum Gasteiger partial charge on any atom is -0.353 e. The number of para-hydroxylation sites is 2. The van der Waals surface area contributed by atoms with Crippen LogP contribution < -0.4 is 16.0 Å². The van der Waals surface area contributed by atoms with Crippen molar-refractivity contribution in [3.63, 3.8) is 0 Å². The molecular weight excluding hydrogens is 433 g/mol. The molecule has 3 N–H and O–H groups in total. The van der Waals surface area contributed by atoms with Gasteiger partial charge in [-0.25, -0.2) is 0 Å². The van der Waals surface area contributed by atoms with Gasteiger partial charge in [0.1, 0.15) is 0 Å². The number of benzene rings is 3. The van der Waals surface area contributed by atoms with Crippen molar-refractivity contribution in [2.24, 2.45) is 0 Å². The van der Waals surface area contributed by atoms with E-state index >= 15 is 0 Å². The van der Waals surface area contributed by atoms with Crippen LogP contribution in [-0.2, 0) is 16.0 Å². The number of carbonyl (C=O) groups is 2. The van der Waals surface area contributed by atoms with Crippen LogP contribution in [0.4, 0.5) is 22.7 Å². The van der Waals surface area contributed by atoms with Gasteiger partial charge in [0.25, 0.3) is 0 Å². The molecule has 7 heteroatoms. The molecule has 31 heavy (non-hydrogen) atoms. The van der Waals surface area contributed by atoms with Crippen molar-refractivity contribution < 1.29 is 9.59 Å². The summed E-state index contributed by atoms with van der Waals surface area (Å²) < 4.78 is 0. The highest BCUT2D eigenvalue weighted by atomic mass is 35.5. The second-order valence-corrected chi connectivity index (χ2v) is 7.85. The second-order valence-electron chi connectivity index (χ2n) is 7.04. The topological polar surface area (TPSA) is 70.2 Å². The van der Waals surface area contributed by atoms with Gasteiger partial charge >= 0.3 is 0 Å². The summed E-state index contributed by atoms with van der Waals surface area (Å²) in [5.41, 5.74) is 4.34. The Kier molecular flexibility index (Phi) is 7.55. The molecule has 0 fully saturated rings. The van der Waals surface area contributed by atoms with Gasteiger partial charge in [-0.2, -0.15) is 0 Å². The molecule has 0 aliphatic rings. The van der Waals surface area contributed by atoms with Crippen LogP contribution >= 0.6 is 23.2 Å². The number of anilines is 4. The van der Waals surface area contributed by atoms with Gasteiger partial charge in [0.05, 0.1) is 22.2 Å². The van der Waals surface area contributed by atoms with Crippen molar-refractivity contribution >= 4 is 57.8 Å². The van der Waals surface area contributed by atoms with Crippen molar-refractivity contribution in [1.82, 2.24) is 0 Å². The highest BCUT2D eigenvalue weighted by molar-refractivity contribution is 6.39. The van der Waals surface area contributed by atoms with E-state index in [2.05, 4.69) is 16.0 Å². The molecular formula is C24H23Cl2N3O2. The molecule has 160 valence electrons. The summed E-state index contributed by atoms with van der Waals surface area (Å²) in [5.74, 6) is -0.263. The molecule has 0 heterocycles. The molecule has 0 aromatic heterocycles. The Hall–Kier alpha value is -3.02. The lowest BCUT2D eigenvalue weighted by Gasteiger charge is -2.15. The van der Waals surface area contributed by atoms with Crippen LogP contribution in [0.3, 0.4) is 0 Å². The van der Waals surface area contributed by atoms with Crippen LogP contribution in [0.1, 0.15) is 24.5 Å². The summed E-state index contributed by atoms with van der Waals surface area (Å²) in [4.78, 5) is 24.4. The summed E-state index contributed by atoms with van der Waals surface area (Å²) >= 11 is 12.5. The summed E-state index contributed by atoms with van der Waals surface area (Å²) in [7, 11) is 0. The molecule has 2 amide bonds. The van der Waals surface area contributed by atoms with Gasteiger partial charge in [-0.05, 0) is 48.4 Å². The Labute approximate surface area is 191 Å². The molecule has 0 aliphatic heterocycles. The third kappa shape index (κ3) is 6.00. The van der Waals surface area contributed by atoms with Crippen LogP contribution in [-0.4, -0.2) is 11.8 Å². The number of hydrogen-bond donors (Lipinski definition) is 3. The number of amides is 2. The van der Waals surface area contributed by atoms with E-state index in [-0.39, 0.29) is 18.2 Å². The van der Waals surface area contributed by atoms with Crippen LogP contribution in [0, 0.1) is 6.92 Å². The third-order valence-electron chi connectivity index (χ3n) is 4.71. The number of hydrogen-bond acceptors (Lipinski definition) is 3. The number of halogens is 2. The monoisotopic (exact) mass is 455 g/mol. The van der Waals surface area contributed by atoms with Gasteiger partial charge in [-0.3, -0.25) is 9.59 Å². The third-order valence-corrected chi connectivity index (χ3v) is 5.34. The molecule has 0 saturated heterocycles. The molecule has 0 radical (unpaired) electrons. The van der Waals surface area contributed by atoms with E-state index in [4.69, 9.17) is 23.2 Å². The first kappa shape index (κ1) is 22.7. The van der Waals surface area contributed by atoms with E-state index in [1.165, 1.54) is 0 Å². The fraction of sp³-hybridized carbons (Fsp3) is 0.167. The lowest BCUT2D eigenvalue weighted by atomic mass is 10.1. The first-order chi connectivity index (χ1) is 14.9. The van der Waals surface area contributed by atoms with Gasteiger partial charge in [-0.15, -0.1) is 0 Å². The zero-order chi connectivity index (χ0) is 22.4. The van der Waals surface area contributed by atoms with E-state index in [0.29, 0.717) is 33.5 Å². The first-order valence-electron chi connectivity index (χ1n) is 9.86. The number of aryl methyl sites for hydroxylation is 1. The van der Waals surface area contributed by atoms with Crippen molar-refractivity contribution in [1.29, 1.82) is 0 Å². The van der Waals surface area contributed by atoms with E-state index in [1.54, 1.807) is 31.2 Å². The zero-order valence-corrected chi connectivity index (χ0v) is 18.8. The summed E-state index contributed by atoms with van der Waals surface area (Å²) in [5, 5.41) is 9.96. The van der Waals surface area contributed by atoms with Crippen LogP contribution in [0.2, 0.25) is 10.0 Å². The van der Waals surface area contributed by atoms with Crippen LogP contribution in [0.15, 0.2) is 60.7 Å². The van der Waals surface area contributed by atoms with Gasteiger partial charge in [-0.1, -0.05) is 60.5 Å². The SMILES string of the molecule is CCC(=O)Nc1cc(NC(=O)Cc2ccccc2Nc2c(Cl)cccc2Cl)ccc1C. The van der Waals surface area contributed by atoms with Crippen LogP contribution in [0.25, 0.3) is 0 Å². The predicted molar refractivity (Wildman–Crippen MR) is 129 cm³/mol. The Morgan fingerprint density at radius 1 is 0.839 bits per heavy atom. The predicted octanol–water partition coefficient (Wildman–Crippen LogP) is 6.58. The first-order valence-corrected chi connectivity index (χ1v) is 10.6. The normalized spacial score (nSPS) is 10.5. The average molecular weight is 456 g/mol. The smallest absolute Gasteiger partial charge is 0.228 e. The zero-order valence-electron chi connectivity index (χ0n) is 17.3. The minimum absolute atomic E-state index is 0.0789. The fourth-order valence-electron chi connectivity index (χ4n) is 3.00. The molecule has 0 unspecified atom stereocenters. The Morgan fingerprint density at radius 3 is 2.26 bits per heavy atom. The second kappa shape index (κ2) is 10.3. The molecule has 3 aromatic carbocycles. The van der Waals surface area contributed by atoms with E-state index in [1.807, 2.05) is 43.3 Å². The number of nitrogens with one attached hydrogen (secondary N) is 3. The van der Waals surface area contributed by atoms with Crippen molar-refractivity contribution in [2.45, 2.75) is 26.7 Å². The van der Waals surface area contributed by atoms with E-state index < -0.39 is 0 Å². The van der Waals surface area contributed by atoms with Crippen molar-refractivity contribution in [3.8, 4) is 0 Å². The minimum atomic E-state index is -0.184. The lowest BCUT2D eigenvalue weighted by molar-refractivity contribution is -0.116. The number of rotatable bonds is 7. The van der Waals surface area contributed by atoms with Gasteiger partial charge in [0, 0.05) is 23.5 Å². The van der Waals surface area contributed by atoms with Gasteiger partial charge in [0.15, 0.2) is 0 Å². The highest BCUT2D eigenvalue weighted by Gasteiger charge is 2.12. The average Bonchev–Trinajstić information content (AvgIpc) is 2.74. The quantitative estimate of drug-likeness (QED) is 0.376. The van der Waals surface area contributed by atoms with Gasteiger partial charge < -0.3 is 16.0 Å². The highest BCUT2D eigenvalue weighted by Crippen LogP contribution is 2.33. The van der Waals surface area contributed by atoms with E-state index in [9.17, 15) is 9.59 Å². The maximum absolute atomic E-state index is 12.7. The molecule has 0 spiro atoms. The number of carbonyl (C=O) groups excluding carboxylic acids is 2. The van der Waals surface area contributed by atoms with Crippen LogP contribution in [0.5, 0.6) is 0 Å². The Bertz CT molecular complexity index is 1100. The molecule has 0 bridgehead atoms. The summed E-state index contributed by atoms with van der Waals surface area (Å²) in [6.45, 7) is 3.69. The van der Waals surface area contributed by atoms with E-state index in [0.717, 1.165) is 16.8 Å². The lowest BCUT2D eigenvalue weighted by Crippen LogP contribution is -2.16.